The summed E-state index contributed by atoms with van der Waals surface area (Å²) in [6, 6.07) is 14.6. The fourth-order valence-electron chi connectivity index (χ4n) is 2.55. The molecule has 0 unspecified atom stereocenters. The zero-order valence-electron chi connectivity index (χ0n) is 17.5. The lowest BCUT2D eigenvalue weighted by molar-refractivity contribution is 0.0945. The molecule has 0 radical (unpaired) electrons. The van der Waals surface area contributed by atoms with Crippen molar-refractivity contribution in [2.75, 3.05) is 5.43 Å². The Labute approximate surface area is 196 Å². The average molecular weight is 510 g/mol. The van der Waals surface area contributed by atoms with Crippen LogP contribution in [0.5, 0.6) is 0 Å². The van der Waals surface area contributed by atoms with Crippen LogP contribution in [0, 0.1) is 13.8 Å². The molecule has 33 heavy (non-hydrogen) atoms. The number of carbonyl (C=O) groups excluding carboxylic acids is 1. The first-order chi connectivity index (χ1) is 15.5. The maximum Gasteiger partial charge on any atom is 0.266 e. The van der Waals surface area contributed by atoms with Crippen LogP contribution in [-0.4, -0.2) is 27.7 Å². The van der Waals surface area contributed by atoms with Crippen molar-refractivity contribution >= 4 is 43.4 Å². The molecule has 1 heterocycles. The van der Waals surface area contributed by atoms with E-state index in [-0.39, 0.29) is 26.3 Å². The van der Waals surface area contributed by atoms with E-state index in [1.807, 2.05) is 18.7 Å². The predicted molar refractivity (Wildman–Crippen MR) is 123 cm³/mol. The molecule has 0 bridgehead atoms. The molecule has 1 aromatic heterocycles. The predicted octanol–water partition coefficient (Wildman–Crippen LogP) is 2.28. The molecule has 4 N–H and O–H groups in total. The summed E-state index contributed by atoms with van der Waals surface area (Å²) in [5.74, 6) is -0.913. The Kier molecular flexibility index (Phi) is 7.34. The van der Waals surface area contributed by atoms with E-state index in [1.165, 1.54) is 36.4 Å². The molecule has 0 aliphatic heterocycles. The normalized spacial score (nSPS) is 11.7. The fourth-order valence-corrected chi connectivity index (χ4v) is 4.45. The number of nitrogens with zero attached hydrogens (tertiary/aromatic N) is 1. The third-order valence-corrected chi connectivity index (χ3v) is 7.05. The molecule has 0 saturated heterocycles. The van der Waals surface area contributed by atoms with Gasteiger partial charge in [0.05, 0.1) is 9.79 Å². The molecule has 13 heteroatoms. The van der Waals surface area contributed by atoms with Crippen LogP contribution >= 0.6 is 11.6 Å². The molecule has 0 aliphatic rings. The molecule has 0 spiro atoms. The Bertz CT molecular complexity index is 1380. The number of pyridine rings is 1. The Balaban J connectivity index is 1.69. The number of aromatic nitrogens is 1. The van der Waals surface area contributed by atoms with E-state index in [2.05, 4.69) is 20.7 Å². The van der Waals surface area contributed by atoms with Gasteiger partial charge in [0, 0.05) is 5.56 Å². The van der Waals surface area contributed by atoms with Gasteiger partial charge in [-0.2, -0.15) is 0 Å². The molecule has 3 rings (SSSR count). The number of benzene rings is 2. The molecule has 2 aromatic carbocycles. The van der Waals surface area contributed by atoms with E-state index in [4.69, 9.17) is 11.6 Å². The Morgan fingerprint density at radius 3 is 1.79 bits per heavy atom. The van der Waals surface area contributed by atoms with Crippen molar-refractivity contribution < 1.29 is 21.6 Å². The SMILES string of the molecule is Cc1ccc(S(=O)(=O)NNC(=O)c2cc(Cl)nc(NNS(=O)(=O)c3ccc(C)cc3)c2)cc1. The minimum Gasteiger partial charge on any atom is -0.292 e. The summed E-state index contributed by atoms with van der Waals surface area (Å²) in [7, 11) is -7.92. The average Bonchev–Trinajstić information content (AvgIpc) is 2.76. The minimum atomic E-state index is -4.00. The summed E-state index contributed by atoms with van der Waals surface area (Å²) >= 11 is 5.93. The van der Waals surface area contributed by atoms with Crippen molar-refractivity contribution in [3.8, 4) is 0 Å². The number of rotatable bonds is 8. The molecule has 3 aromatic rings. The summed E-state index contributed by atoms with van der Waals surface area (Å²) in [6.07, 6.45) is 0. The van der Waals surface area contributed by atoms with E-state index in [1.54, 1.807) is 24.3 Å². The highest BCUT2D eigenvalue weighted by Crippen LogP contribution is 2.16. The summed E-state index contributed by atoms with van der Waals surface area (Å²) < 4.78 is 49.5. The van der Waals surface area contributed by atoms with Crippen LogP contribution in [0.4, 0.5) is 5.82 Å². The van der Waals surface area contributed by atoms with E-state index in [0.29, 0.717) is 0 Å². The molecule has 0 atom stereocenters. The standard InChI is InChI=1S/C20H20ClN5O5S2/c1-13-3-7-16(8-4-13)32(28,29)25-23-19-12-15(11-18(21)22-19)20(27)24-26-33(30,31)17-9-5-14(2)6-10-17/h3-12,25-26H,1-2H3,(H,22,23)(H,24,27). The van der Waals surface area contributed by atoms with Gasteiger partial charge in [0.2, 0.25) is 0 Å². The number of aryl methyl sites for hydroxylation is 2. The van der Waals surface area contributed by atoms with E-state index >= 15 is 0 Å². The third-order valence-electron chi connectivity index (χ3n) is 4.33. The maximum atomic E-state index is 12.4. The second-order valence-corrected chi connectivity index (χ2v) is 10.7. The zero-order valence-corrected chi connectivity index (χ0v) is 19.8. The Morgan fingerprint density at radius 1 is 0.788 bits per heavy atom. The van der Waals surface area contributed by atoms with Crippen LogP contribution in [0.15, 0.2) is 70.5 Å². The molecule has 0 saturated carbocycles. The third kappa shape index (κ3) is 6.49. The van der Waals surface area contributed by atoms with Crippen LogP contribution < -0.4 is 20.5 Å². The van der Waals surface area contributed by atoms with Gasteiger partial charge in [-0.25, -0.2) is 21.8 Å². The summed E-state index contributed by atoms with van der Waals surface area (Å²) in [5, 5.41) is -0.124. The van der Waals surface area contributed by atoms with Gasteiger partial charge < -0.3 is 0 Å². The van der Waals surface area contributed by atoms with Gasteiger partial charge in [0.1, 0.15) is 11.0 Å². The van der Waals surface area contributed by atoms with Crippen molar-refractivity contribution in [2.24, 2.45) is 0 Å². The highest BCUT2D eigenvalue weighted by molar-refractivity contribution is 7.89. The molecule has 10 nitrogen and oxygen atoms in total. The number of hydrogen-bond donors (Lipinski definition) is 4. The number of carbonyl (C=O) groups is 1. The number of sulfonamides is 2. The van der Waals surface area contributed by atoms with Crippen molar-refractivity contribution in [3.05, 3.63) is 82.5 Å². The van der Waals surface area contributed by atoms with Crippen LogP contribution in [0.25, 0.3) is 0 Å². The number of anilines is 1. The Morgan fingerprint density at radius 2 is 1.27 bits per heavy atom. The van der Waals surface area contributed by atoms with E-state index in [9.17, 15) is 21.6 Å². The largest absolute Gasteiger partial charge is 0.292 e. The lowest BCUT2D eigenvalue weighted by Gasteiger charge is -2.12. The minimum absolute atomic E-state index is 0.0195. The number of nitrogens with one attached hydrogen (secondary N) is 4. The van der Waals surface area contributed by atoms with E-state index < -0.39 is 26.0 Å². The highest BCUT2D eigenvalue weighted by Gasteiger charge is 2.18. The number of amides is 1. The van der Waals surface area contributed by atoms with Crippen molar-refractivity contribution in [2.45, 2.75) is 23.6 Å². The number of halogens is 1. The lowest BCUT2D eigenvalue weighted by atomic mass is 10.2. The second kappa shape index (κ2) is 9.85. The summed E-state index contributed by atoms with van der Waals surface area (Å²) in [6.45, 7) is 3.64. The monoisotopic (exact) mass is 509 g/mol. The van der Waals surface area contributed by atoms with Gasteiger partial charge in [-0.1, -0.05) is 47.0 Å². The van der Waals surface area contributed by atoms with Crippen molar-refractivity contribution in [1.29, 1.82) is 0 Å². The Hall–Kier alpha value is -3.03. The maximum absolute atomic E-state index is 12.4. The topological polar surface area (TPSA) is 146 Å². The van der Waals surface area contributed by atoms with Gasteiger partial charge in [0.25, 0.3) is 26.0 Å². The first-order valence-electron chi connectivity index (χ1n) is 9.37. The van der Waals surface area contributed by atoms with Gasteiger partial charge in [-0.15, -0.1) is 9.66 Å². The van der Waals surface area contributed by atoms with Crippen LogP contribution in [-0.2, 0) is 20.0 Å². The lowest BCUT2D eigenvalue weighted by Crippen LogP contribution is -2.41. The highest BCUT2D eigenvalue weighted by atomic mass is 35.5. The molecule has 0 aliphatic carbocycles. The number of hydrazine groups is 2. The summed E-state index contributed by atoms with van der Waals surface area (Å²) in [4.78, 5) is 20.5. The van der Waals surface area contributed by atoms with Crippen molar-refractivity contribution in [3.63, 3.8) is 0 Å². The fraction of sp³-hybridized carbons (Fsp3) is 0.100. The zero-order chi connectivity index (χ0) is 24.2. The van der Waals surface area contributed by atoms with Gasteiger partial charge in [-0.3, -0.25) is 15.6 Å². The van der Waals surface area contributed by atoms with E-state index in [0.717, 1.165) is 11.1 Å². The first kappa shape index (κ1) is 24.6. The van der Waals surface area contributed by atoms with Gasteiger partial charge in [-0.05, 0) is 50.2 Å². The molecule has 0 fully saturated rings. The molecule has 174 valence electrons. The number of hydrogen-bond acceptors (Lipinski definition) is 7. The second-order valence-electron chi connectivity index (χ2n) is 6.98. The van der Waals surface area contributed by atoms with Gasteiger partial charge >= 0.3 is 0 Å². The quantitative estimate of drug-likeness (QED) is 0.269. The van der Waals surface area contributed by atoms with Crippen LogP contribution in [0.2, 0.25) is 5.15 Å². The molecule has 1 amide bonds. The van der Waals surface area contributed by atoms with Crippen LogP contribution in [0.1, 0.15) is 21.5 Å². The van der Waals surface area contributed by atoms with Gasteiger partial charge in [0.15, 0.2) is 0 Å². The molecular formula is C20H20ClN5O5S2. The summed E-state index contributed by atoms with van der Waals surface area (Å²) in [5.41, 5.74) is 6.17. The molecular weight excluding hydrogens is 490 g/mol. The van der Waals surface area contributed by atoms with Crippen molar-refractivity contribution in [1.82, 2.24) is 20.1 Å². The first-order valence-corrected chi connectivity index (χ1v) is 12.7. The smallest absolute Gasteiger partial charge is 0.266 e. The van der Waals surface area contributed by atoms with Crippen LogP contribution in [0.3, 0.4) is 0 Å².